The molecule has 1 saturated carbocycles. The van der Waals surface area contributed by atoms with Crippen molar-refractivity contribution < 1.29 is 14.0 Å². The van der Waals surface area contributed by atoms with E-state index in [1.807, 2.05) is 0 Å². The van der Waals surface area contributed by atoms with Gasteiger partial charge in [0.1, 0.15) is 5.82 Å². The van der Waals surface area contributed by atoms with Gasteiger partial charge in [-0.15, -0.1) is 11.3 Å². The number of anilines is 1. The van der Waals surface area contributed by atoms with Gasteiger partial charge in [0.05, 0.1) is 12.2 Å². The molecule has 4 rings (SSSR count). The standard InChI is InChI=1S/C19H20FN3O2S/c20-14-3-1-2-4-15(14)21-19(25)22-17(24)11-23-9-7-16-13(8-10-26-16)18(23)12-5-6-12/h1-4,8,10,12,18H,5-7,9,11H2,(H2,21,22,24,25)/t18-/m0/s1. The van der Waals surface area contributed by atoms with Crippen molar-refractivity contribution in [1.82, 2.24) is 10.2 Å². The van der Waals surface area contributed by atoms with E-state index in [9.17, 15) is 14.0 Å². The predicted octanol–water partition coefficient (Wildman–Crippen LogP) is 3.54. The van der Waals surface area contributed by atoms with Crippen LogP contribution < -0.4 is 10.6 Å². The molecule has 0 unspecified atom stereocenters. The molecule has 2 N–H and O–H groups in total. The van der Waals surface area contributed by atoms with Gasteiger partial charge in [0, 0.05) is 17.5 Å². The molecule has 1 aromatic carbocycles. The average Bonchev–Trinajstić information content (AvgIpc) is 3.33. The van der Waals surface area contributed by atoms with Crippen LogP contribution in [0.2, 0.25) is 0 Å². The van der Waals surface area contributed by atoms with E-state index < -0.39 is 11.8 Å². The van der Waals surface area contributed by atoms with Crippen molar-refractivity contribution in [1.29, 1.82) is 0 Å². The lowest BCUT2D eigenvalue weighted by Gasteiger charge is -2.35. The summed E-state index contributed by atoms with van der Waals surface area (Å²) in [5.74, 6) is -0.309. The van der Waals surface area contributed by atoms with Crippen molar-refractivity contribution in [2.24, 2.45) is 5.92 Å². The van der Waals surface area contributed by atoms with Crippen LogP contribution in [-0.2, 0) is 11.2 Å². The number of benzene rings is 1. The predicted molar refractivity (Wildman–Crippen MR) is 98.6 cm³/mol. The zero-order chi connectivity index (χ0) is 18.1. The molecule has 2 heterocycles. The van der Waals surface area contributed by atoms with Crippen LogP contribution in [0, 0.1) is 11.7 Å². The Bertz CT molecular complexity index is 834. The SMILES string of the molecule is O=C(CN1CCc2sccc2[C@@H]1C1CC1)NC(=O)Nc1ccccc1F. The number of carbonyl (C=O) groups is 2. The highest BCUT2D eigenvalue weighted by Crippen LogP contribution is 2.48. The van der Waals surface area contributed by atoms with Gasteiger partial charge in [-0.1, -0.05) is 12.1 Å². The molecule has 1 aromatic heterocycles. The molecule has 1 aliphatic heterocycles. The zero-order valence-electron chi connectivity index (χ0n) is 14.2. The number of hydrogen-bond acceptors (Lipinski definition) is 4. The largest absolute Gasteiger partial charge is 0.326 e. The second-order valence-corrected chi connectivity index (χ2v) is 7.78. The van der Waals surface area contributed by atoms with Crippen molar-refractivity contribution in [2.45, 2.75) is 25.3 Å². The third kappa shape index (κ3) is 3.64. The monoisotopic (exact) mass is 373 g/mol. The minimum absolute atomic E-state index is 0.0505. The summed E-state index contributed by atoms with van der Waals surface area (Å²) in [5.41, 5.74) is 1.39. The summed E-state index contributed by atoms with van der Waals surface area (Å²) in [7, 11) is 0. The molecule has 5 nitrogen and oxygen atoms in total. The van der Waals surface area contributed by atoms with Crippen LogP contribution in [-0.4, -0.2) is 29.9 Å². The van der Waals surface area contributed by atoms with Crippen LogP contribution in [0.5, 0.6) is 0 Å². The fourth-order valence-corrected chi connectivity index (χ4v) is 4.52. The van der Waals surface area contributed by atoms with Gasteiger partial charge in [0.25, 0.3) is 0 Å². The maximum absolute atomic E-state index is 13.6. The Hall–Kier alpha value is -2.25. The van der Waals surface area contributed by atoms with Gasteiger partial charge >= 0.3 is 6.03 Å². The van der Waals surface area contributed by atoms with Crippen molar-refractivity contribution in [3.05, 3.63) is 52.0 Å². The number of rotatable bonds is 4. The first kappa shape index (κ1) is 17.2. The Morgan fingerprint density at radius 1 is 1.23 bits per heavy atom. The lowest BCUT2D eigenvalue weighted by Crippen LogP contribution is -2.45. The van der Waals surface area contributed by atoms with Crippen LogP contribution in [0.4, 0.5) is 14.9 Å². The van der Waals surface area contributed by atoms with E-state index in [0.29, 0.717) is 5.92 Å². The summed E-state index contributed by atoms with van der Waals surface area (Å²) in [4.78, 5) is 27.9. The number of amides is 3. The number of thiophene rings is 1. The van der Waals surface area contributed by atoms with Crippen molar-refractivity contribution >= 4 is 29.0 Å². The molecule has 1 aliphatic carbocycles. The molecule has 0 bridgehead atoms. The first-order chi connectivity index (χ1) is 12.6. The normalized spacial score (nSPS) is 19.7. The maximum atomic E-state index is 13.6. The first-order valence-corrected chi connectivity index (χ1v) is 9.65. The lowest BCUT2D eigenvalue weighted by molar-refractivity contribution is -0.121. The topological polar surface area (TPSA) is 61.4 Å². The fraction of sp³-hybridized carbons (Fsp3) is 0.368. The van der Waals surface area contributed by atoms with Crippen LogP contribution in [0.3, 0.4) is 0 Å². The molecule has 3 amide bonds. The molecular weight excluding hydrogens is 353 g/mol. The third-order valence-corrected chi connectivity index (χ3v) is 5.90. The highest BCUT2D eigenvalue weighted by molar-refractivity contribution is 7.10. The van der Waals surface area contributed by atoms with Crippen LogP contribution in [0.25, 0.3) is 0 Å². The second kappa shape index (κ2) is 7.17. The summed E-state index contributed by atoms with van der Waals surface area (Å²) in [6, 6.07) is 7.58. The van der Waals surface area contributed by atoms with Gasteiger partial charge in [0.2, 0.25) is 5.91 Å². The zero-order valence-corrected chi connectivity index (χ0v) is 15.0. The van der Waals surface area contributed by atoms with Gasteiger partial charge in [0.15, 0.2) is 0 Å². The third-order valence-electron chi connectivity index (χ3n) is 4.91. The number of nitrogens with zero attached hydrogens (tertiary/aromatic N) is 1. The summed E-state index contributed by atoms with van der Waals surface area (Å²) >= 11 is 1.78. The Morgan fingerprint density at radius 3 is 2.81 bits per heavy atom. The molecule has 136 valence electrons. The van der Waals surface area contributed by atoms with Gasteiger partial charge in [-0.2, -0.15) is 0 Å². The number of urea groups is 1. The van der Waals surface area contributed by atoms with Gasteiger partial charge in [-0.05, 0) is 54.3 Å². The molecule has 0 saturated heterocycles. The number of para-hydroxylation sites is 1. The van der Waals surface area contributed by atoms with Crippen molar-refractivity contribution in [2.75, 3.05) is 18.4 Å². The highest BCUT2D eigenvalue weighted by Gasteiger charge is 2.40. The van der Waals surface area contributed by atoms with E-state index in [0.717, 1.165) is 13.0 Å². The van der Waals surface area contributed by atoms with E-state index in [1.165, 1.54) is 41.5 Å². The minimum Gasteiger partial charge on any atom is -0.305 e. The molecule has 2 aliphatic rings. The molecular formula is C19H20FN3O2S. The molecule has 1 atom stereocenters. The van der Waals surface area contributed by atoms with Crippen molar-refractivity contribution in [3.8, 4) is 0 Å². The van der Waals surface area contributed by atoms with E-state index in [2.05, 4.69) is 27.0 Å². The maximum Gasteiger partial charge on any atom is 0.326 e. The Kier molecular flexibility index (Phi) is 4.74. The summed E-state index contributed by atoms with van der Waals surface area (Å²) in [5, 5.41) is 6.80. The Morgan fingerprint density at radius 2 is 2.04 bits per heavy atom. The Balaban J connectivity index is 1.37. The minimum atomic E-state index is -0.712. The number of nitrogens with one attached hydrogen (secondary N) is 2. The quantitative estimate of drug-likeness (QED) is 0.862. The summed E-state index contributed by atoms with van der Waals surface area (Å²) < 4.78 is 13.6. The highest BCUT2D eigenvalue weighted by atomic mass is 32.1. The smallest absolute Gasteiger partial charge is 0.305 e. The number of carbonyl (C=O) groups excluding carboxylic acids is 2. The van der Waals surface area contributed by atoms with Crippen molar-refractivity contribution in [3.63, 3.8) is 0 Å². The number of imide groups is 1. The first-order valence-electron chi connectivity index (χ1n) is 8.77. The van der Waals surface area contributed by atoms with Crippen LogP contribution in [0.1, 0.15) is 29.3 Å². The van der Waals surface area contributed by atoms with Crippen LogP contribution in [0.15, 0.2) is 35.7 Å². The fourth-order valence-electron chi connectivity index (χ4n) is 3.61. The van der Waals surface area contributed by atoms with Gasteiger partial charge in [-0.25, -0.2) is 9.18 Å². The molecule has 1 fully saturated rings. The number of hydrogen-bond donors (Lipinski definition) is 2. The average molecular weight is 373 g/mol. The van der Waals surface area contributed by atoms with E-state index >= 15 is 0 Å². The van der Waals surface area contributed by atoms with E-state index in [-0.39, 0.29) is 24.2 Å². The number of halogens is 1. The molecule has 2 aromatic rings. The summed E-state index contributed by atoms with van der Waals surface area (Å²) in [6.07, 6.45) is 3.31. The Labute approximate surface area is 155 Å². The summed E-state index contributed by atoms with van der Waals surface area (Å²) in [6.45, 7) is 0.984. The molecule has 0 radical (unpaired) electrons. The van der Waals surface area contributed by atoms with E-state index in [1.54, 1.807) is 17.4 Å². The second-order valence-electron chi connectivity index (χ2n) is 6.78. The van der Waals surface area contributed by atoms with Gasteiger partial charge in [-0.3, -0.25) is 15.0 Å². The van der Waals surface area contributed by atoms with Gasteiger partial charge < -0.3 is 5.32 Å². The number of fused-ring (bicyclic) bond motifs is 1. The molecule has 7 heteroatoms. The molecule has 26 heavy (non-hydrogen) atoms. The van der Waals surface area contributed by atoms with E-state index in [4.69, 9.17) is 0 Å². The molecule has 0 spiro atoms. The lowest BCUT2D eigenvalue weighted by atomic mass is 9.96. The van der Waals surface area contributed by atoms with Crippen LogP contribution >= 0.6 is 11.3 Å².